The van der Waals surface area contributed by atoms with Crippen molar-refractivity contribution in [2.75, 3.05) is 32.8 Å². The van der Waals surface area contributed by atoms with Crippen molar-refractivity contribution in [1.82, 2.24) is 14.1 Å². The standard InChI is InChI=1S/C23H33N3O4S/c1-16-13-17(2)19(4)21(18(16)3)31(29,30)25-11-9-24(10-12-25)15-26-20(27)14-23(22(26)28)7-5-6-8-23/h13H,5-12,14-15H2,1-4H3. The highest BCUT2D eigenvalue weighted by molar-refractivity contribution is 7.89. The van der Waals surface area contributed by atoms with Crippen LogP contribution in [0, 0.1) is 33.1 Å². The third-order valence-corrected chi connectivity index (χ3v) is 9.79. The lowest BCUT2D eigenvalue weighted by atomic mass is 9.85. The molecule has 1 aromatic rings. The van der Waals surface area contributed by atoms with Crippen molar-refractivity contribution in [2.24, 2.45) is 5.41 Å². The fourth-order valence-electron chi connectivity index (χ4n) is 5.45. The van der Waals surface area contributed by atoms with E-state index < -0.39 is 15.4 Å². The minimum Gasteiger partial charge on any atom is -0.283 e. The molecule has 1 aromatic carbocycles. The van der Waals surface area contributed by atoms with E-state index >= 15 is 0 Å². The maximum atomic E-state index is 13.4. The molecule has 3 aliphatic rings. The van der Waals surface area contributed by atoms with Crippen molar-refractivity contribution in [2.45, 2.75) is 64.7 Å². The Balaban J connectivity index is 1.45. The quantitative estimate of drug-likeness (QED) is 0.663. The van der Waals surface area contributed by atoms with Gasteiger partial charge in [-0.15, -0.1) is 0 Å². The van der Waals surface area contributed by atoms with E-state index in [4.69, 9.17) is 0 Å². The number of hydrogen-bond donors (Lipinski definition) is 0. The summed E-state index contributed by atoms with van der Waals surface area (Å²) in [6.07, 6.45) is 4.00. The van der Waals surface area contributed by atoms with Crippen molar-refractivity contribution in [3.63, 3.8) is 0 Å². The lowest BCUT2D eigenvalue weighted by molar-refractivity contribution is -0.144. The molecule has 1 spiro atoms. The van der Waals surface area contributed by atoms with E-state index in [9.17, 15) is 18.0 Å². The molecule has 1 saturated carbocycles. The second kappa shape index (κ2) is 7.98. The first-order valence-electron chi connectivity index (χ1n) is 11.2. The Labute approximate surface area is 185 Å². The van der Waals surface area contributed by atoms with Crippen LogP contribution in [-0.2, 0) is 19.6 Å². The molecule has 7 nitrogen and oxygen atoms in total. The first kappa shape index (κ1) is 22.4. The fraction of sp³-hybridized carbons (Fsp3) is 0.652. The molecule has 170 valence electrons. The topological polar surface area (TPSA) is 78.0 Å². The van der Waals surface area contributed by atoms with E-state index in [0.29, 0.717) is 37.5 Å². The third-order valence-electron chi connectivity index (χ3n) is 7.62. The number of hydrogen-bond acceptors (Lipinski definition) is 5. The highest BCUT2D eigenvalue weighted by Crippen LogP contribution is 2.46. The molecule has 2 aliphatic heterocycles. The molecule has 0 unspecified atom stereocenters. The summed E-state index contributed by atoms with van der Waals surface area (Å²) >= 11 is 0. The van der Waals surface area contributed by atoms with Crippen LogP contribution in [0.25, 0.3) is 0 Å². The number of carbonyl (C=O) groups excluding carboxylic acids is 2. The van der Waals surface area contributed by atoms with Gasteiger partial charge in [-0.1, -0.05) is 18.9 Å². The molecule has 0 N–H and O–H groups in total. The van der Waals surface area contributed by atoms with E-state index in [1.54, 1.807) is 4.31 Å². The number of amides is 2. The third kappa shape index (κ3) is 3.72. The number of piperazine rings is 1. The Morgan fingerprint density at radius 2 is 1.45 bits per heavy atom. The van der Waals surface area contributed by atoms with Gasteiger partial charge in [0, 0.05) is 32.6 Å². The lowest BCUT2D eigenvalue weighted by Crippen LogP contribution is -2.52. The predicted molar refractivity (Wildman–Crippen MR) is 118 cm³/mol. The number of imide groups is 1. The number of likely N-dealkylation sites (tertiary alicyclic amines) is 1. The summed E-state index contributed by atoms with van der Waals surface area (Å²) < 4.78 is 28.4. The van der Waals surface area contributed by atoms with Crippen LogP contribution in [0.3, 0.4) is 0 Å². The monoisotopic (exact) mass is 447 g/mol. The molecule has 0 aromatic heterocycles. The van der Waals surface area contributed by atoms with E-state index in [0.717, 1.165) is 47.9 Å². The average Bonchev–Trinajstić information content (AvgIpc) is 3.27. The minimum absolute atomic E-state index is 0.0217. The van der Waals surface area contributed by atoms with Gasteiger partial charge in [-0.25, -0.2) is 8.42 Å². The SMILES string of the molecule is Cc1cc(C)c(C)c(S(=O)(=O)N2CCN(CN3C(=O)CC4(CCCC4)C3=O)CC2)c1C. The summed E-state index contributed by atoms with van der Waals surface area (Å²) in [4.78, 5) is 29.3. The summed E-state index contributed by atoms with van der Waals surface area (Å²) in [5.41, 5.74) is 3.11. The van der Waals surface area contributed by atoms with Crippen molar-refractivity contribution in [3.8, 4) is 0 Å². The fourth-order valence-corrected chi connectivity index (χ4v) is 7.45. The molecule has 4 rings (SSSR count). The average molecular weight is 448 g/mol. The first-order valence-corrected chi connectivity index (χ1v) is 12.7. The summed E-state index contributed by atoms with van der Waals surface area (Å²) in [5.74, 6) is -0.102. The Kier molecular flexibility index (Phi) is 5.77. The van der Waals surface area contributed by atoms with Gasteiger partial charge in [0.2, 0.25) is 21.8 Å². The van der Waals surface area contributed by atoms with Crippen LogP contribution in [0.2, 0.25) is 0 Å². The van der Waals surface area contributed by atoms with E-state index in [2.05, 4.69) is 0 Å². The number of carbonyl (C=O) groups is 2. The number of rotatable bonds is 4. The molecule has 2 heterocycles. The Morgan fingerprint density at radius 3 is 2.00 bits per heavy atom. The van der Waals surface area contributed by atoms with Crippen molar-refractivity contribution in [1.29, 1.82) is 0 Å². The van der Waals surface area contributed by atoms with E-state index in [-0.39, 0.29) is 18.5 Å². The van der Waals surface area contributed by atoms with Crippen LogP contribution in [0.15, 0.2) is 11.0 Å². The molecule has 2 saturated heterocycles. The normalized spacial score (nSPS) is 22.8. The Hall–Kier alpha value is -1.77. The van der Waals surface area contributed by atoms with E-state index in [1.165, 1.54) is 4.90 Å². The van der Waals surface area contributed by atoms with Gasteiger partial charge >= 0.3 is 0 Å². The summed E-state index contributed by atoms with van der Waals surface area (Å²) in [6.45, 7) is 9.63. The predicted octanol–water partition coefficient (Wildman–Crippen LogP) is 2.50. The van der Waals surface area contributed by atoms with Gasteiger partial charge in [0.1, 0.15) is 0 Å². The summed E-state index contributed by atoms with van der Waals surface area (Å²) in [6, 6.07) is 2.03. The van der Waals surface area contributed by atoms with Crippen LogP contribution in [0.1, 0.15) is 54.4 Å². The van der Waals surface area contributed by atoms with Gasteiger partial charge in [-0.2, -0.15) is 4.31 Å². The number of nitrogens with zero attached hydrogens (tertiary/aromatic N) is 3. The highest BCUT2D eigenvalue weighted by Gasteiger charge is 2.52. The van der Waals surface area contributed by atoms with Crippen molar-refractivity contribution < 1.29 is 18.0 Å². The molecular formula is C23H33N3O4S. The van der Waals surface area contributed by atoms with Gasteiger partial charge in [0.05, 0.1) is 17.0 Å². The van der Waals surface area contributed by atoms with Crippen LogP contribution in [-0.4, -0.2) is 67.2 Å². The van der Waals surface area contributed by atoms with Gasteiger partial charge in [0.15, 0.2) is 0 Å². The van der Waals surface area contributed by atoms with Gasteiger partial charge < -0.3 is 0 Å². The van der Waals surface area contributed by atoms with Gasteiger partial charge in [-0.3, -0.25) is 19.4 Å². The van der Waals surface area contributed by atoms with Crippen LogP contribution in [0.4, 0.5) is 0 Å². The Bertz CT molecular complexity index is 993. The molecular weight excluding hydrogens is 414 g/mol. The Morgan fingerprint density at radius 1 is 0.903 bits per heavy atom. The lowest BCUT2D eigenvalue weighted by Gasteiger charge is -2.36. The highest BCUT2D eigenvalue weighted by atomic mass is 32.2. The summed E-state index contributed by atoms with van der Waals surface area (Å²) in [7, 11) is -3.60. The number of sulfonamides is 1. The summed E-state index contributed by atoms with van der Waals surface area (Å²) in [5, 5.41) is 0. The molecule has 31 heavy (non-hydrogen) atoms. The van der Waals surface area contributed by atoms with Crippen LogP contribution >= 0.6 is 0 Å². The number of benzene rings is 1. The smallest absolute Gasteiger partial charge is 0.243 e. The van der Waals surface area contributed by atoms with Crippen molar-refractivity contribution in [3.05, 3.63) is 28.3 Å². The maximum Gasteiger partial charge on any atom is 0.243 e. The second-order valence-corrected chi connectivity index (χ2v) is 11.4. The second-order valence-electron chi connectivity index (χ2n) is 9.54. The minimum atomic E-state index is -3.60. The molecule has 8 heteroatoms. The van der Waals surface area contributed by atoms with Gasteiger partial charge in [-0.05, 0) is 62.8 Å². The maximum absolute atomic E-state index is 13.4. The largest absolute Gasteiger partial charge is 0.283 e. The molecule has 0 bridgehead atoms. The zero-order valence-corrected chi connectivity index (χ0v) is 19.8. The number of aryl methyl sites for hydroxylation is 2. The van der Waals surface area contributed by atoms with Gasteiger partial charge in [0.25, 0.3) is 0 Å². The zero-order valence-electron chi connectivity index (χ0n) is 19.0. The first-order chi connectivity index (χ1) is 14.6. The van der Waals surface area contributed by atoms with Crippen LogP contribution < -0.4 is 0 Å². The zero-order chi connectivity index (χ0) is 22.6. The molecule has 0 atom stereocenters. The molecule has 1 aliphatic carbocycles. The van der Waals surface area contributed by atoms with E-state index in [1.807, 2.05) is 38.7 Å². The molecule has 3 fully saturated rings. The van der Waals surface area contributed by atoms with Crippen LogP contribution in [0.5, 0.6) is 0 Å². The molecule has 2 amide bonds. The van der Waals surface area contributed by atoms with Crippen molar-refractivity contribution >= 4 is 21.8 Å². The molecule has 0 radical (unpaired) electrons.